The van der Waals surface area contributed by atoms with E-state index >= 15 is 0 Å². The fraction of sp³-hybridized carbons (Fsp3) is 0.500. The van der Waals surface area contributed by atoms with E-state index in [0.717, 1.165) is 34.2 Å². The summed E-state index contributed by atoms with van der Waals surface area (Å²) in [5.74, 6) is 0.588. The van der Waals surface area contributed by atoms with Crippen molar-refractivity contribution in [3.8, 4) is 11.3 Å². The van der Waals surface area contributed by atoms with Crippen molar-refractivity contribution in [1.82, 2.24) is 10.3 Å². The molecule has 1 aromatic heterocycles. The Bertz CT molecular complexity index is 678. The molecule has 0 fully saturated rings. The van der Waals surface area contributed by atoms with Crippen LogP contribution in [-0.4, -0.2) is 30.6 Å². The van der Waals surface area contributed by atoms with Crippen molar-refractivity contribution in [3.05, 3.63) is 39.7 Å². The van der Waals surface area contributed by atoms with Crippen LogP contribution in [0.2, 0.25) is 0 Å². The van der Waals surface area contributed by atoms with Gasteiger partial charge in [-0.2, -0.15) is 0 Å². The van der Waals surface area contributed by atoms with Crippen LogP contribution >= 0.6 is 11.3 Å². The van der Waals surface area contributed by atoms with Crippen molar-refractivity contribution in [2.45, 2.75) is 40.5 Å². The molecule has 0 bridgehead atoms. The van der Waals surface area contributed by atoms with E-state index in [4.69, 9.17) is 4.74 Å². The smallest absolute Gasteiger partial charge is 0.225 e. The average molecular weight is 361 g/mol. The van der Waals surface area contributed by atoms with Crippen LogP contribution in [0.3, 0.4) is 0 Å². The predicted octanol–water partition coefficient (Wildman–Crippen LogP) is 4.15. The van der Waals surface area contributed by atoms with Gasteiger partial charge in [0, 0.05) is 30.2 Å². The quantitative estimate of drug-likeness (QED) is 0.684. The van der Waals surface area contributed by atoms with Gasteiger partial charge in [0.1, 0.15) is 0 Å². The van der Waals surface area contributed by atoms with E-state index in [-0.39, 0.29) is 5.91 Å². The molecule has 1 heterocycles. The zero-order valence-corrected chi connectivity index (χ0v) is 16.4. The second kappa shape index (κ2) is 9.68. The lowest BCUT2D eigenvalue weighted by molar-refractivity contribution is -0.120. The van der Waals surface area contributed by atoms with Gasteiger partial charge in [-0.3, -0.25) is 4.79 Å². The molecule has 25 heavy (non-hydrogen) atoms. The minimum absolute atomic E-state index is 0.0425. The summed E-state index contributed by atoms with van der Waals surface area (Å²) in [4.78, 5) is 17.9. The average Bonchev–Trinajstić information content (AvgIpc) is 2.91. The maximum atomic E-state index is 12.2. The first-order valence-corrected chi connectivity index (χ1v) is 9.65. The molecule has 5 heteroatoms. The van der Waals surface area contributed by atoms with Crippen LogP contribution in [0.1, 0.15) is 35.7 Å². The van der Waals surface area contributed by atoms with Crippen LogP contribution < -0.4 is 5.32 Å². The van der Waals surface area contributed by atoms with Gasteiger partial charge < -0.3 is 10.1 Å². The molecule has 2 rings (SSSR count). The van der Waals surface area contributed by atoms with Gasteiger partial charge in [0.2, 0.25) is 5.91 Å². The van der Waals surface area contributed by atoms with Gasteiger partial charge in [0.15, 0.2) is 0 Å². The number of benzene rings is 1. The summed E-state index contributed by atoms with van der Waals surface area (Å²) >= 11 is 1.60. The van der Waals surface area contributed by atoms with Gasteiger partial charge in [0.05, 0.1) is 17.1 Å². The van der Waals surface area contributed by atoms with E-state index in [1.165, 1.54) is 5.56 Å². The number of carbonyl (C=O) groups excluding carboxylic acids is 1. The lowest BCUT2D eigenvalue weighted by atomic mass is 10.1. The molecular formula is C20H28N2O2S. The number of thiazole rings is 1. The van der Waals surface area contributed by atoms with Crippen molar-refractivity contribution in [3.63, 3.8) is 0 Å². The number of nitrogens with one attached hydrogen (secondary N) is 1. The van der Waals surface area contributed by atoms with Gasteiger partial charge in [-0.25, -0.2) is 4.98 Å². The van der Waals surface area contributed by atoms with Crippen molar-refractivity contribution < 1.29 is 9.53 Å². The molecule has 0 aliphatic carbocycles. The summed E-state index contributed by atoms with van der Waals surface area (Å²) in [6.07, 6.45) is 1.21. The molecular weight excluding hydrogens is 332 g/mol. The molecule has 1 aromatic carbocycles. The zero-order valence-electron chi connectivity index (χ0n) is 15.6. The second-order valence-electron chi connectivity index (χ2n) is 6.72. The van der Waals surface area contributed by atoms with Crippen molar-refractivity contribution in [1.29, 1.82) is 0 Å². The zero-order chi connectivity index (χ0) is 18.2. The van der Waals surface area contributed by atoms with E-state index < -0.39 is 0 Å². The number of nitrogens with zero attached hydrogens (tertiary/aromatic N) is 1. The Balaban J connectivity index is 1.86. The maximum absolute atomic E-state index is 12.2. The lowest BCUT2D eigenvalue weighted by Gasteiger charge is -2.08. The standard InChI is InChI=1S/C20H28N2O2S/c1-14(2)13-24-11-5-10-21-19(23)12-18-20(22-16(4)25-18)17-8-6-15(3)7-9-17/h6-9,14H,5,10-13H2,1-4H3,(H,21,23). The fourth-order valence-electron chi connectivity index (χ4n) is 2.46. The fourth-order valence-corrected chi connectivity index (χ4v) is 3.41. The second-order valence-corrected chi connectivity index (χ2v) is 8.01. The SMILES string of the molecule is Cc1ccc(-c2nc(C)sc2CC(=O)NCCCOCC(C)C)cc1. The Morgan fingerprint density at radius 2 is 1.96 bits per heavy atom. The van der Waals surface area contributed by atoms with E-state index in [2.05, 4.69) is 55.3 Å². The molecule has 4 nitrogen and oxygen atoms in total. The summed E-state index contributed by atoms with van der Waals surface area (Å²) in [6, 6.07) is 8.28. The molecule has 0 aliphatic heterocycles. The number of hydrogen-bond acceptors (Lipinski definition) is 4. The molecule has 2 aromatic rings. The van der Waals surface area contributed by atoms with E-state index in [1.807, 2.05) is 6.92 Å². The number of amides is 1. The minimum atomic E-state index is 0.0425. The summed E-state index contributed by atoms with van der Waals surface area (Å²) < 4.78 is 5.53. The first-order valence-electron chi connectivity index (χ1n) is 8.83. The van der Waals surface area contributed by atoms with Crippen molar-refractivity contribution in [2.24, 2.45) is 5.92 Å². The normalized spacial score (nSPS) is 11.1. The van der Waals surface area contributed by atoms with E-state index in [0.29, 0.717) is 25.5 Å². The first kappa shape index (κ1) is 19.6. The third-order valence-corrected chi connectivity index (χ3v) is 4.66. The summed E-state index contributed by atoms with van der Waals surface area (Å²) in [7, 11) is 0. The Morgan fingerprint density at radius 1 is 1.24 bits per heavy atom. The van der Waals surface area contributed by atoms with E-state index in [1.54, 1.807) is 11.3 Å². The number of carbonyl (C=O) groups is 1. The topological polar surface area (TPSA) is 51.2 Å². The van der Waals surface area contributed by atoms with Gasteiger partial charge in [0.25, 0.3) is 0 Å². The molecule has 1 amide bonds. The van der Waals surface area contributed by atoms with Gasteiger partial charge >= 0.3 is 0 Å². The Morgan fingerprint density at radius 3 is 2.64 bits per heavy atom. The first-order chi connectivity index (χ1) is 12.0. The maximum Gasteiger partial charge on any atom is 0.225 e. The summed E-state index contributed by atoms with van der Waals surface area (Å²) in [5, 5.41) is 3.96. The van der Waals surface area contributed by atoms with Crippen LogP contribution in [0, 0.1) is 19.8 Å². The van der Waals surface area contributed by atoms with Gasteiger partial charge in [-0.05, 0) is 26.2 Å². The number of hydrogen-bond donors (Lipinski definition) is 1. The van der Waals surface area contributed by atoms with Crippen molar-refractivity contribution >= 4 is 17.2 Å². The number of ether oxygens (including phenoxy) is 1. The van der Waals surface area contributed by atoms with Crippen LogP contribution in [-0.2, 0) is 16.0 Å². The molecule has 1 N–H and O–H groups in total. The molecule has 0 aliphatic rings. The molecule has 0 radical (unpaired) electrons. The van der Waals surface area contributed by atoms with Crippen molar-refractivity contribution in [2.75, 3.05) is 19.8 Å². The molecule has 0 saturated carbocycles. The number of aryl methyl sites for hydroxylation is 2. The third-order valence-electron chi connectivity index (χ3n) is 3.69. The highest BCUT2D eigenvalue weighted by atomic mass is 32.1. The highest BCUT2D eigenvalue weighted by molar-refractivity contribution is 7.12. The monoisotopic (exact) mass is 360 g/mol. The lowest BCUT2D eigenvalue weighted by Crippen LogP contribution is -2.26. The summed E-state index contributed by atoms with van der Waals surface area (Å²) in [5.41, 5.74) is 3.22. The van der Waals surface area contributed by atoms with Crippen LogP contribution in [0.4, 0.5) is 0 Å². The van der Waals surface area contributed by atoms with Crippen LogP contribution in [0.25, 0.3) is 11.3 Å². The third kappa shape index (κ3) is 6.59. The van der Waals surface area contributed by atoms with E-state index in [9.17, 15) is 4.79 Å². The Labute approximate surface area is 154 Å². The molecule has 0 unspecified atom stereocenters. The van der Waals surface area contributed by atoms with Gasteiger partial charge in [-0.15, -0.1) is 11.3 Å². The summed E-state index contributed by atoms with van der Waals surface area (Å²) in [6.45, 7) is 10.4. The number of aromatic nitrogens is 1. The largest absolute Gasteiger partial charge is 0.381 e. The highest BCUT2D eigenvalue weighted by Crippen LogP contribution is 2.28. The Hall–Kier alpha value is -1.72. The minimum Gasteiger partial charge on any atom is -0.381 e. The Kier molecular flexibility index (Phi) is 7.59. The van der Waals surface area contributed by atoms with Crippen LogP contribution in [0.15, 0.2) is 24.3 Å². The molecule has 0 saturated heterocycles. The predicted molar refractivity (Wildman–Crippen MR) is 104 cm³/mol. The molecule has 0 spiro atoms. The molecule has 0 atom stereocenters. The number of rotatable bonds is 9. The highest BCUT2D eigenvalue weighted by Gasteiger charge is 2.14. The van der Waals surface area contributed by atoms with Gasteiger partial charge in [-0.1, -0.05) is 43.7 Å². The molecule has 136 valence electrons. The van der Waals surface area contributed by atoms with Crippen LogP contribution in [0.5, 0.6) is 0 Å².